The summed E-state index contributed by atoms with van der Waals surface area (Å²) < 4.78 is 0. The third kappa shape index (κ3) is 3.37. The number of hydrogen-bond acceptors (Lipinski definition) is 2. The highest BCUT2D eigenvalue weighted by Gasteiger charge is 2.35. The van der Waals surface area contributed by atoms with Crippen LogP contribution in [0.4, 0.5) is 4.79 Å². The first-order chi connectivity index (χ1) is 8.47. The van der Waals surface area contributed by atoms with Crippen molar-refractivity contribution in [2.45, 2.75) is 58.0 Å². The molecular formula is C14H27N3O. The van der Waals surface area contributed by atoms with E-state index in [2.05, 4.69) is 15.5 Å². The van der Waals surface area contributed by atoms with Crippen LogP contribution in [0, 0.1) is 5.92 Å². The van der Waals surface area contributed by atoms with Gasteiger partial charge in [0.05, 0.1) is 0 Å². The molecule has 2 N–H and O–H groups in total. The van der Waals surface area contributed by atoms with Crippen molar-refractivity contribution in [1.82, 2.24) is 15.5 Å². The van der Waals surface area contributed by atoms with Crippen LogP contribution < -0.4 is 10.6 Å². The van der Waals surface area contributed by atoms with E-state index < -0.39 is 0 Å². The van der Waals surface area contributed by atoms with Crippen LogP contribution in [0.3, 0.4) is 0 Å². The molecule has 0 aromatic heterocycles. The van der Waals surface area contributed by atoms with Gasteiger partial charge in [0.25, 0.3) is 0 Å². The third-order valence-electron chi connectivity index (χ3n) is 3.97. The number of urea groups is 1. The summed E-state index contributed by atoms with van der Waals surface area (Å²) in [5, 5.41) is 6.50. The van der Waals surface area contributed by atoms with E-state index in [1.807, 2.05) is 20.8 Å². The second-order valence-electron chi connectivity index (χ2n) is 6.67. The molecule has 0 aliphatic carbocycles. The van der Waals surface area contributed by atoms with Crippen LogP contribution >= 0.6 is 0 Å². The maximum absolute atomic E-state index is 12.3. The quantitative estimate of drug-likeness (QED) is 0.750. The van der Waals surface area contributed by atoms with Gasteiger partial charge in [0.15, 0.2) is 0 Å². The van der Waals surface area contributed by atoms with Crippen LogP contribution in [0.15, 0.2) is 0 Å². The van der Waals surface area contributed by atoms with E-state index in [4.69, 9.17) is 0 Å². The summed E-state index contributed by atoms with van der Waals surface area (Å²) in [4.78, 5) is 14.4. The summed E-state index contributed by atoms with van der Waals surface area (Å²) >= 11 is 0. The molecule has 4 heteroatoms. The van der Waals surface area contributed by atoms with Gasteiger partial charge in [0.2, 0.25) is 0 Å². The highest BCUT2D eigenvalue weighted by Crippen LogP contribution is 2.29. The van der Waals surface area contributed by atoms with E-state index >= 15 is 0 Å². The lowest BCUT2D eigenvalue weighted by molar-refractivity contribution is 0.153. The zero-order valence-electron chi connectivity index (χ0n) is 12.0. The summed E-state index contributed by atoms with van der Waals surface area (Å²) in [5.41, 5.74) is -0.141. The van der Waals surface area contributed by atoms with E-state index in [9.17, 15) is 4.79 Å². The monoisotopic (exact) mass is 253 g/mol. The van der Waals surface area contributed by atoms with Crippen LogP contribution in [0.25, 0.3) is 0 Å². The fourth-order valence-electron chi connectivity index (χ4n) is 3.16. The Labute approximate surface area is 110 Å². The third-order valence-corrected chi connectivity index (χ3v) is 3.97. The molecule has 2 aliphatic rings. The number of hydrogen-bond donors (Lipinski definition) is 2. The predicted octanol–water partition coefficient (Wildman–Crippen LogP) is 1.96. The number of nitrogens with zero attached hydrogens (tertiary/aromatic N) is 1. The van der Waals surface area contributed by atoms with Crippen molar-refractivity contribution >= 4 is 6.03 Å². The zero-order valence-corrected chi connectivity index (χ0v) is 12.0. The Bertz CT molecular complexity index is 292. The molecule has 2 heterocycles. The lowest BCUT2D eigenvalue weighted by atomic mass is 9.89. The maximum Gasteiger partial charge on any atom is 0.318 e. The molecular weight excluding hydrogens is 226 g/mol. The Morgan fingerprint density at radius 2 is 1.89 bits per heavy atom. The zero-order chi connectivity index (χ0) is 13.2. The smallest absolute Gasteiger partial charge is 0.318 e. The minimum absolute atomic E-state index is 0.128. The molecule has 2 saturated heterocycles. The van der Waals surface area contributed by atoms with E-state index in [0.717, 1.165) is 26.1 Å². The van der Waals surface area contributed by atoms with Crippen molar-refractivity contribution in [2.75, 3.05) is 19.6 Å². The first-order valence-corrected chi connectivity index (χ1v) is 7.27. The average Bonchev–Trinajstić information content (AvgIpc) is 2.76. The minimum Gasteiger partial charge on any atom is -0.333 e. The first-order valence-electron chi connectivity index (χ1n) is 7.27. The molecule has 1 unspecified atom stereocenters. The fraction of sp³-hybridized carbons (Fsp3) is 0.929. The summed E-state index contributed by atoms with van der Waals surface area (Å²) in [6.07, 6.45) is 4.77. The molecule has 1 atom stereocenters. The fourth-order valence-corrected chi connectivity index (χ4v) is 3.16. The standard InChI is InChI=1S/C14H27N3O/c1-14(2,3)16-13(18)17-10-4-5-12(17)11-6-8-15-9-7-11/h11-12,15H,4-10H2,1-3H3,(H,16,18). The number of carbonyl (C=O) groups excluding carboxylic acids is 1. The summed E-state index contributed by atoms with van der Waals surface area (Å²) in [5.74, 6) is 0.694. The van der Waals surface area contributed by atoms with E-state index in [-0.39, 0.29) is 11.6 Å². The van der Waals surface area contributed by atoms with Crippen molar-refractivity contribution in [1.29, 1.82) is 0 Å². The predicted molar refractivity (Wildman–Crippen MR) is 73.6 cm³/mol. The normalized spacial score (nSPS) is 26.4. The number of piperidine rings is 1. The van der Waals surface area contributed by atoms with Crippen LogP contribution in [-0.4, -0.2) is 42.1 Å². The van der Waals surface area contributed by atoms with E-state index in [1.165, 1.54) is 19.3 Å². The van der Waals surface area contributed by atoms with Gasteiger partial charge in [0, 0.05) is 18.1 Å². The lowest BCUT2D eigenvalue weighted by Gasteiger charge is -2.36. The number of amides is 2. The summed E-state index contributed by atoms with van der Waals surface area (Å²) in [6.45, 7) is 9.27. The molecule has 4 nitrogen and oxygen atoms in total. The van der Waals surface area contributed by atoms with Crippen molar-refractivity contribution in [2.24, 2.45) is 5.92 Å². The molecule has 2 fully saturated rings. The molecule has 104 valence electrons. The largest absolute Gasteiger partial charge is 0.333 e. The van der Waals surface area contributed by atoms with Crippen LogP contribution in [0.1, 0.15) is 46.5 Å². The van der Waals surface area contributed by atoms with Crippen molar-refractivity contribution < 1.29 is 4.79 Å². The van der Waals surface area contributed by atoms with Crippen molar-refractivity contribution in [3.05, 3.63) is 0 Å². The average molecular weight is 253 g/mol. The maximum atomic E-state index is 12.3. The molecule has 2 rings (SSSR count). The molecule has 0 aromatic rings. The second kappa shape index (κ2) is 5.47. The molecule has 2 aliphatic heterocycles. The summed E-state index contributed by atoms with van der Waals surface area (Å²) in [7, 11) is 0. The lowest BCUT2D eigenvalue weighted by Crippen LogP contribution is -2.52. The van der Waals surface area contributed by atoms with E-state index in [1.54, 1.807) is 0 Å². The molecule has 0 bridgehead atoms. The number of carbonyl (C=O) groups is 1. The Balaban J connectivity index is 1.96. The van der Waals surface area contributed by atoms with Gasteiger partial charge in [-0.05, 0) is 65.5 Å². The van der Waals surface area contributed by atoms with Gasteiger partial charge >= 0.3 is 6.03 Å². The van der Waals surface area contributed by atoms with Gasteiger partial charge in [-0.15, -0.1) is 0 Å². The first kappa shape index (κ1) is 13.7. The minimum atomic E-state index is -0.141. The number of rotatable bonds is 1. The number of nitrogens with one attached hydrogen (secondary N) is 2. The van der Waals surface area contributed by atoms with E-state index in [0.29, 0.717) is 12.0 Å². The molecule has 0 aromatic carbocycles. The molecule has 2 amide bonds. The van der Waals surface area contributed by atoms with Gasteiger partial charge in [0.1, 0.15) is 0 Å². The Kier molecular flexibility index (Phi) is 4.15. The topological polar surface area (TPSA) is 44.4 Å². The Hall–Kier alpha value is -0.770. The van der Waals surface area contributed by atoms with Crippen molar-refractivity contribution in [3.63, 3.8) is 0 Å². The Morgan fingerprint density at radius 3 is 2.50 bits per heavy atom. The SMILES string of the molecule is CC(C)(C)NC(=O)N1CCCC1C1CCNCC1. The summed E-state index contributed by atoms with van der Waals surface area (Å²) in [6, 6.07) is 0.595. The Morgan fingerprint density at radius 1 is 1.22 bits per heavy atom. The van der Waals surface area contributed by atoms with Gasteiger partial charge in [-0.1, -0.05) is 0 Å². The van der Waals surface area contributed by atoms with Crippen LogP contribution in [0.2, 0.25) is 0 Å². The second-order valence-corrected chi connectivity index (χ2v) is 6.67. The molecule has 0 saturated carbocycles. The highest BCUT2D eigenvalue weighted by molar-refractivity contribution is 5.75. The van der Waals surface area contributed by atoms with Crippen LogP contribution in [-0.2, 0) is 0 Å². The molecule has 0 spiro atoms. The van der Waals surface area contributed by atoms with Gasteiger partial charge in [-0.25, -0.2) is 4.79 Å². The molecule has 18 heavy (non-hydrogen) atoms. The number of likely N-dealkylation sites (tertiary alicyclic amines) is 1. The van der Waals surface area contributed by atoms with Gasteiger partial charge in [-0.2, -0.15) is 0 Å². The van der Waals surface area contributed by atoms with Gasteiger partial charge in [-0.3, -0.25) is 0 Å². The molecule has 0 radical (unpaired) electrons. The van der Waals surface area contributed by atoms with Crippen LogP contribution in [0.5, 0.6) is 0 Å². The van der Waals surface area contributed by atoms with Gasteiger partial charge < -0.3 is 15.5 Å². The highest BCUT2D eigenvalue weighted by atomic mass is 16.2. The van der Waals surface area contributed by atoms with Crippen molar-refractivity contribution in [3.8, 4) is 0 Å².